The number of rotatable bonds is 7. The summed E-state index contributed by atoms with van der Waals surface area (Å²) in [6.07, 6.45) is 5.46. The summed E-state index contributed by atoms with van der Waals surface area (Å²) >= 11 is 2.75. The summed E-state index contributed by atoms with van der Waals surface area (Å²) < 4.78 is 1.59. The van der Waals surface area contributed by atoms with E-state index in [9.17, 15) is 19.7 Å². The molecule has 1 amide bonds. The smallest absolute Gasteiger partial charge is 0.269 e. The summed E-state index contributed by atoms with van der Waals surface area (Å²) in [5.74, 6) is -0.356. The predicted molar refractivity (Wildman–Crippen MR) is 141 cm³/mol. The van der Waals surface area contributed by atoms with Crippen LogP contribution in [0.1, 0.15) is 28.8 Å². The minimum atomic E-state index is -0.480. The minimum absolute atomic E-state index is 0.00741. The number of carbonyl (C=O) groups excluding carboxylic acids is 1. The van der Waals surface area contributed by atoms with Crippen LogP contribution in [0.2, 0.25) is 0 Å². The summed E-state index contributed by atoms with van der Waals surface area (Å²) in [5.41, 5.74) is 4.76. The van der Waals surface area contributed by atoms with Crippen LogP contribution in [-0.4, -0.2) is 32.3 Å². The molecule has 2 aromatic carbocycles. The number of thioether (sulfide) groups is 1. The molecule has 2 heterocycles. The average Bonchev–Trinajstić information content (AvgIpc) is 3.27. The Bertz CT molecular complexity index is 1530. The summed E-state index contributed by atoms with van der Waals surface area (Å²) in [6.45, 7) is 0. The first kappa shape index (κ1) is 23.9. The van der Waals surface area contributed by atoms with Gasteiger partial charge in [-0.3, -0.25) is 24.3 Å². The summed E-state index contributed by atoms with van der Waals surface area (Å²) in [6, 6.07) is 15.1. The maximum atomic E-state index is 13.7. The van der Waals surface area contributed by atoms with Crippen molar-refractivity contribution >= 4 is 51.1 Å². The molecule has 0 radical (unpaired) electrons. The highest BCUT2D eigenvalue weighted by atomic mass is 32.2. The average molecular weight is 520 g/mol. The molecule has 9 nitrogen and oxygen atoms in total. The molecule has 182 valence electrons. The third kappa shape index (κ3) is 4.93. The van der Waals surface area contributed by atoms with E-state index in [4.69, 9.17) is 4.98 Å². The van der Waals surface area contributed by atoms with Crippen LogP contribution in [0.5, 0.6) is 0 Å². The van der Waals surface area contributed by atoms with Gasteiger partial charge in [0.05, 0.1) is 28.0 Å². The third-order valence-electron chi connectivity index (χ3n) is 5.81. The Morgan fingerprint density at radius 3 is 2.67 bits per heavy atom. The quantitative estimate of drug-likeness (QED) is 0.126. The maximum Gasteiger partial charge on any atom is 0.269 e. The molecule has 0 bridgehead atoms. The Balaban J connectivity index is 1.37. The summed E-state index contributed by atoms with van der Waals surface area (Å²) in [7, 11) is 0. The van der Waals surface area contributed by atoms with Crippen LogP contribution in [0.25, 0.3) is 15.9 Å². The fourth-order valence-corrected chi connectivity index (χ4v) is 6.22. The first-order valence-corrected chi connectivity index (χ1v) is 13.1. The van der Waals surface area contributed by atoms with Crippen LogP contribution in [-0.2, 0) is 17.6 Å². The van der Waals surface area contributed by atoms with E-state index < -0.39 is 4.92 Å². The van der Waals surface area contributed by atoms with E-state index in [1.54, 1.807) is 28.0 Å². The molecule has 1 aliphatic carbocycles. The van der Waals surface area contributed by atoms with Gasteiger partial charge in [0.25, 0.3) is 17.2 Å². The molecule has 5 rings (SSSR count). The van der Waals surface area contributed by atoms with Gasteiger partial charge in [-0.05, 0) is 61.1 Å². The Hall–Kier alpha value is -3.83. The van der Waals surface area contributed by atoms with Gasteiger partial charge in [-0.15, -0.1) is 11.3 Å². The molecule has 4 aromatic rings. The SMILES string of the molecule is O=C(CSc1nc2sc3c(c2c(=O)n1-c1ccccc1)CCCC3)N/N=C/c1ccc([N+](=O)[O-])cc1. The number of fused-ring (bicyclic) bond motifs is 3. The van der Waals surface area contributed by atoms with Gasteiger partial charge < -0.3 is 0 Å². The fourth-order valence-electron chi connectivity index (χ4n) is 4.11. The van der Waals surface area contributed by atoms with Gasteiger partial charge in [0.1, 0.15) is 4.83 Å². The number of aryl methyl sites for hydroxylation is 2. The number of aromatic nitrogens is 2. The monoisotopic (exact) mass is 519 g/mol. The molecular weight excluding hydrogens is 498 g/mol. The number of hydrogen-bond donors (Lipinski definition) is 1. The zero-order valence-corrected chi connectivity index (χ0v) is 20.7. The Kier molecular flexibility index (Phi) is 6.92. The van der Waals surface area contributed by atoms with E-state index in [1.165, 1.54) is 35.0 Å². The largest absolute Gasteiger partial charge is 0.272 e. The number of hydrazone groups is 1. The molecule has 11 heteroatoms. The molecule has 0 aliphatic heterocycles. The van der Waals surface area contributed by atoms with Crippen molar-refractivity contribution in [2.75, 3.05) is 5.75 Å². The third-order valence-corrected chi connectivity index (χ3v) is 7.94. The lowest BCUT2D eigenvalue weighted by atomic mass is 9.97. The standard InChI is InChI=1S/C25H21N5O4S2/c31-21(28-26-14-16-10-12-18(13-11-16)30(33)34)15-35-25-27-23-22(19-8-4-5-9-20(19)36-23)24(32)29(25)17-6-2-1-3-7-17/h1-3,6-7,10-14H,4-5,8-9,15H2,(H,28,31)/b26-14+. The van der Waals surface area contributed by atoms with Crippen LogP contribution in [0.15, 0.2) is 69.6 Å². The first-order chi connectivity index (χ1) is 17.5. The molecule has 0 spiro atoms. The number of thiophene rings is 1. The van der Waals surface area contributed by atoms with E-state index >= 15 is 0 Å². The van der Waals surface area contributed by atoms with Gasteiger partial charge in [0, 0.05) is 17.0 Å². The van der Waals surface area contributed by atoms with Gasteiger partial charge in [-0.2, -0.15) is 5.10 Å². The van der Waals surface area contributed by atoms with E-state index in [1.807, 2.05) is 30.3 Å². The van der Waals surface area contributed by atoms with Crippen molar-refractivity contribution in [3.8, 4) is 5.69 Å². The molecule has 0 unspecified atom stereocenters. The number of nitro benzene ring substituents is 1. The number of carbonyl (C=O) groups is 1. The number of hydrogen-bond acceptors (Lipinski definition) is 8. The highest BCUT2D eigenvalue weighted by molar-refractivity contribution is 7.99. The number of nitrogens with zero attached hydrogens (tertiary/aromatic N) is 4. The van der Waals surface area contributed by atoms with Crippen LogP contribution in [0.3, 0.4) is 0 Å². The molecule has 36 heavy (non-hydrogen) atoms. The van der Waals surface area contributed by atoms with Crippen LogP contribution in [0, 0.1) is 10.1 Å². The van der Waals surface area contributed by atoms with E-state index in [0.717, 1.165) is 36.1 Å². The molecule has 0 atom stereocenters. The Morgan fingerprint density at radius 2 is 1.92 bits per heavy atom. The molecule has 0 saturated heterocycles. The summed E-state index contributed by atoms with van der Waals surface area (Å²) in [5, 5.41) is 15.8. The fraction of sp³-hybridized carbons (Fsp3) is 0.200. The zero-order valence-electron chi connectivity index (χ0n) is 19.0. The number of nitrogens with one attached hydrogen (secondary N) is 1. The van der Waals surface area contributed by atoms with Crippen molar-refractivity contribution < 1.29 is 9.72 Å². The second kappa shape index (κ2) is 10.4. The molecule has 2 aromatic heterocycles. The van der Waals surface area contributed by atoms with Crippen molar-refractivity contribution in [3.63, 3.8) is 0 Å². The van der Waals surface area contributed by atoms with E-state index in [2.05, 4.69) is 10.5 Å². The molecule has 0 fully saturated rings. The highest BCUT2D eigenvalue weighted by Crippen LogP contribution is 2.35. The molecular formula is C25H21N5O4S2. The zero-order chi connectivity index (χ0) is 25.1. The van der Waals surface area contributed by atoms with Crippen LogP contribution in [0.4, 0.5) is 5.69 Å². The number of para-hydroxylation sites is 1. The van der Waals surface area contributed by atoms with Gasteiger partial charge in [0.2, 0.25) is 0 Å². The lowest BCUT2D eigenvalue weighted by Crippen LogP contribution is -2.24. The Morgan fingerprint density at radius 1 is 1.17 bits per heavy atom. The molecule has 0 saturated carbocycles. The van der Waals surface area contributed by atoms with Gasteiger partial charge in [0.15, 0.2) is 5.16 Å². The van der Waals surface area contributed by atoms with Crippen molar-refractivity contribution in [2.24, 2.45) is 5.10 Å². The lowest BCUT2D eigenvalue weighted by Gasteiger charge is -2.13. The van der Waals surface area contributed by atoms with Crippen molar-refractivity contribution in [1.29, 1.82) is 0 Å². The minimum Gasteiger partial charge on any atom is -0.272 e. The number of non-ortho nitro benzene ring substituents is 1. The second-order valence-electron chi connectivity index (χ2n) is 8.19. The first-order valence-electron chi connectivity index (χ1n) is 11.3. The van der Waals surface area contributed by atoms with Crippen molar-refractivity contribution in [1.82, 2.24) is 15.0 Å². The van der Waals surface area contributed by atoms with E-state index in [0.29, 0.717) is 21.8 Å². The molecule has 1 N–H and O–H groups in total. The van der Waals surface area contributed by atoms with Crippen LogP contribution >= 0.6 is 23.1 Å². The van der Waals surface area contributed by atoms with Gasteiger partial charge in [-0.1, -0.05) is 30.0 Å². The van der Waals surface area contributed by atoms with Crippen molar-refractivity contribution in [3.05, 3.63) is 91.1 Å². The van der Waals surface area contributed by atoms with Gasteiger partial charge in [-0.25, -0.2) is 10.4 Å². The maximum absolute atomic E-state index is 13.7. The number of nitro groups is 1. The topological polar surface area (TPSA) is 119 Å². The van der Waals surface area contributed by atoms with E-state index in [-0.39, 0.29) is 22.9 Å². The Labute approximate surface area is 214 Å². The molecule has 1 aliphatic rings. The lowest BCUT2D eigenvalue weighted by molar-refractivity contribution is -0.384. The van der Waals surface area contributed by atoms with Gasteiger partial charge >= 0.3 is 0 Å². The number of benzene rings is 2. The summed E-state index contributed by atoms with van der Waals surface area (Å²) in [4.78, 5) is 43.2. The van der Waals surface area contributed by atoms with Crippen molar-refractivity contribution in [2.45, 2.75) is 30.8 Å². The van der Waals surface area contributed by atoms with Crippen LogP contribution < -0.4 is 11.0 Å². The second-order valence-corrected chi connectivity index (χ2v) is 10.2. The highest BCUT2D eigenvalue weighted by Gasteiger charge is 2.23. The number of amides is 1. The normalized spacial score (nSPS) is 13.1. The predicted octanol–water partition coefficient (Wildman–Crippen LogP) is 4.48.